The Morgan fingerprint density at radius 2 is 1.79 bits per heavy atom. The summed E-state index contributed by atoms with van der Waals surface area (Å²) < 4.78 is 70.5. The molecule has 2 radical (unpaired) electrons. The molecule has 0 N–H and O–H groups in total. The topological polar surface area (TPSA) is 37.4 Å². The summed E-state index contributed by atoms with van der Waals surface area (Å²) in [6.07, 6.45) is 1.07. The molecule has 1 spiro atoms. The van der Waals surface area contributed by atoms with Crippen LogP contribution in [0.3, 0.4) is 0 Å². The van der Waals surface area contributed by atoms with E-state index in [0.717, 1.165) is 22.7 Å². The molecule has 2 unspecified atom stereocenters. The zero-order chi connectivity index (χ0) is 24.4. The highest BCUT2D eigenvalue weighted by atomic mass is 32.2. The van der Waals surface area contributed by atoms with Crippen molar-refractivity contribution < 1.29 is 21.6 Å². The zero-order valence-corrected chi connectivity index (χ0v) is 19.9. The molecule has 2 aliphatic rings. The lowest BCUT2D eigenvalue weighted by Crippen LogP contribution is -2.28. The van der Waals surface area contributed by atoms with Crippen molar-refractivity contribution in [1.82, 2.24) is 0 Å². The number of halogens is 3. The number of nitrogens with zero attached hydrogens (tertiary/aromatic N) is 1. The SMILES string of the molecule is [B]C(C)(F)c1ccc(S(=O)(=O)N(C)c2cccc(C)c2C(=C)C2CC(F)(F)CC23CC3)cc1. The van der Waals surface area contributed by atoms with E-state index in [4.69, 9.17) is 7.85 Å². The maximum absolute atomic E-state index is 14.3. The van der Waals surface area contributed by atoms with Gasteiger partial charge < -0.3 is 0 Å². The van der Waals surface area contributed by atoms with Crippen LogP contribution in [0, 0.1) is 18.3 Å². The number of hydrogen-bond acceptors (Lipinski definition) is 2. The molecule has 2 aliphatic carbocycles. The van der Waals surface area contributed by atoms with Gasteiger partial charge in [-0.25, -0.2) is 17.2 Å². The van der Waals surface area contributed by atoms with Crippen LogP contribution in [0.4, 0.5) is 18.9 Å². The highest BCUT2D eigenvalue weighted by Crippen LogP contribution is 2.68. The zero-order valence-electron chi connectivity index (χ0n) is 19.0. The van der Waals surface area contributed by atoms with Crippen molar-refractivity contribution in [2.45, 2.75) is 55.9 Å². The Hall–Kier alpha value is -2.22. The summed E-state index contributed by atoms with van der Waals surface area (Å²) in [5.74, 6) is -3.13. The van der Waals surface area contributed by atoms with Crippen molar-refractivity contribution in [3.63, 3.8) is 0 Å². The van der Waals surface area contributed by atoms with E-state index in [0.29, 0.717) is 16.8 Å². The van der Waals surface area contributed by atoms with Gasteiger partial charge in [0.1, 0.15) is 7.85 Å². The lowest BCUT2D eigenvalue weighted by Gasteiger charge is -2.28. The largest absolute Gasteiger partial charge is 0.269 e. The minimum Gasteiger partial charge on any atom is -0.269 e. The van der Waals surface area contributed by atoms with Gasteiger partial charge in [-0.1, -0.05) is 30.8 Å². The van der Waals surface area contributed by atoms with Gasteiger partial charge >= 0.3 is 0 Å². The molecule has 4 rings (SSSR count). The average molecular weight is 473 g/mol. The van der Waals surface area contributed by atoms with E-state index in [2.05, 4.69) is 6.58 Å². The van der Waals surface area contributed by atoms with Gasteiger partial charge in [0.2, 0.25) is 5.92 Å². The Bertz CT molecular complexity index is 1200. The highest BCUT2D eigenvalue weighted by Gasteiger charge is 2.62. The minimum absolute atomic E-state index is 0.0258. The fraction of sp³-hybridized carbons (Fsp3) is 0.440. The number of hydrogen-bond donors (Lipinski definition) is 0. The van der Waals surface area contributed by atoms with Crippen molar-refractivity contribution >= 4 is 29.1 Å². The van der Waals surface area contributed by atoms with Gasteiger partial charge in [0.25, 0.3) is 10.0 Å². The van der Waals surface area contributed by atoms with Crippen molar-refractivity contribution in [2.75, 3.05) is 11.4 Å². The fourth-order valence-corrected chi connectivity index (χ4v) is 6.36. The van der Waals surface area contributed by atoms with E-state index in [1.165, 1.54) is 38.2 Å². The number of aryl methyl sites for hydroxylation is 1. The predicted octanol–water partition coefficient (Wildman–Crippen LogP) is 5.97. The van der Waals surface area contributed by atoms with Crippen molar-refractivity contribution in [2.24, 2.45) is 11.3 Å². The molecule has 0 aromatic heterocycles. The lowest BCUT2D eigenvalue weighted by molar-refractivity contribution is 0.00260. The second-order valence-corrected chi connectivity index (χ2v) is 11.7. The summed E-state index contributed by atoms with van der Waals surface area (Å²) in [6, 6.07) is 10.5. The summed E-state index contributed by atoms with van der Waals surface area (Å²) in [6.45, 7) is 7.21. The standard InChI is InChI=1S/C25H27BF3NO2S/c1-16-6-5-7-21(22(16)17(2)20-14-25(28,29)15-24(20)12-13-24)30(4)33(31,32)19-10-8-18(9-11-19)23(3,26)27/h5-11,20H,2,12-15H2,1,3-4H3. The van der Waals surface area contributed by atoms with Crippen LogP contribution >= 0.6 is 0 Å². The van der Waals surface area contributed by atoms with Gasteiger partial charge in [0, 0.05) is 25.5 Å². The molecule has 2 aromatic carbocycles. The van der Waals surface area contributed by atoms with Crippen LogP contribution in [0.25, 0.3) is 5.57 Å². The summed E-state index contributed by atoms with van der Waals surface area (Å²) >= 11 is 0. The van der Waals surface area contributed by atoms with Gasteiger partial charge in [0.05, 0.1) is 16.2 Å². The van der Waals surface area contributed by atoms with Crippen LogP contribution in [-0.2, 0) is 15.6 Å². The van der Waals surface area contributed by atoms with E-state index >= 15 is 0 Å². The molecule has 2 atom stereocenters. The van der Waals surface area contributed by atoms with E-state index < -0.39 is 32.8 Å². The van der Waals surface area contributed by atoms with Crippen LogP contribution in [0.5, 0.6) is 0 Å². The number of anilines is 1. The molecule has 8 heteroatoms. The Kier molecular flexibility index (Phi) is 5.55. The van der Waals surface area contributed by atoms with Crippen LogP contribution < -0.4 is 4.31 Å². The Morgan fingerprint density at radius 3 is 2.33 bits per heavy atom. The van der Waals surface area contributed by atoms with Crippen LogP contribution in [0.15, 0.2) is 53.9 Å². The maximum atomic E-state index is 14.3. The Labute approximate surface area is 195 Å². The van der Waals surface area contributed by atoms with Crippen LogP contribution in [0.2, 0.25) is 0 Å². The molecule has 0 amide bonds. The molecule has 3 nitrogen and oxygen atoms in total. The van der Waals surface area contributed by atoms with Gasteiger partial charge in [0.15, 0.2) is 0 Å². The van der Waals surface area contributed by atoms with E-state index in [9.17, 15) is 21.6 Å². The van der Waals surface area contributed by atoms with Gasteiger partial charge in [-0.05, 0) is 72.9 Å². The van der Waals surface area contributed by atoms with Crippen molar-refractivity contribution in [1.29, 1.82) is 0 Å². The van der Waals surface area contributed by atoms with E-state index in [1.807, 2.05) is 13.0 Å². The van der Waals surface area contributed by atoms with Crippen molar-refractivity contribution in [3.8, 4) is 0 Å². The molecule has 2 aromatic rings. The van der Waals surface area contributed by atoms with Gasteiger partial charge in [-0.3, -0.25) is 8.70 Å². The Balaban J connectivity index is 1.72. The number of rotatable bonds is 6. The monoisotopic (exact) mass is 473 g/mol. The summed E-state index contributed by atoms with van der Waals surface area (Å²) in [7, 11) is 2.87. The normalized spacial score (nSPS) is 22.7. The van der Waals surface area contributed by atoms with E-state index in [1.54, 1.807) is 12.1 Å². The molecule has 174 valence electrons. The lowest BCUT2D eigenvalue weighted by atomic mass is 9.79. The van der Waals surface area contributed by atoms with Gasteiger partial charge in [-0.2, -0.15) is 0 Å². The molecular weight excluding hydrogens is 446 g/mol. The average Bonchev–Trinajstić information content (AvgIpc) is 3.43. The first-order valence-electron chi connectivity index (χ1n) is 10.9. The molecule has 0 bridgehead atoms. The second-order valence-electron chi connectivity index (χ2n) is 9.72. The first-order valence-corrected chi connectivity index (χ1v) is 12.4. The number of alkyl halides is 3. The fourth-order valence-electron chi connectivity index (χ4n) is 5.15. The molecule has 2 saturated carbocycles. The summed E-state index contributed by atoms with van der Waals surface area (Å²) in [4.78, 5) is -0.0258. The summed E-state index contributed by atoms with van der Waals surface area (Å²) in [5, 5.41) is 0. The van der Waals surface area contributed by atoms with E-state index in [-0.39, 0.29) is 23.3 Å². The second kappa shape index (κ2) is 7.65. The molecule has 0 heterocycles. The molecular formula is C25H27BF3NO2S. The third-order valence-electron chi connectivity index (χ3n) is 7.15. The van der Waals surface area contributed by atoms with Crippen LogP contribution in [0.1, 0.15) is 49.3 Å². The highest BCUT2D eigenvalue weighted by molar-refractivity contribution is 7.92. The first-order chi connectivity index (χ1) is 15.2. The third kappa shape index (κ3) is 4.22. The Morgan fingerprint density at radius 1 is 1.18 bits per heavy atom. The quantitative estimate of drug-likeness (QED) is 0.485. The van der Waals surface area contributed by atoms with Crippen LogP contribution in [-0.4, -0.2) is 29.2 Å². The van der Waals surface area contributed by atoms with Gasteiger partial charge in [-0.15, -0.1) is 0 Å². The smallest absolute Gasteiger partial charge is 0.264 e. The minimum atomic E-state index is -4.01. The number of benzene rings is 2. The third-order valence-corrected chi connectivity index (χ3v) is 8.94. The summed E-state index contributed by atoms with van der Waals surface area (Å²) in [5.41, 5.74) is -0.0575. The number of allylic oxidation sites excluding steroid dienone is 1. The first kappa shape index (κ1) is 23.9. The molecule has 2 fully saturated rings. The number of sulfonamides is 1. The molecule has 0 aliphatic heterocycles. The molecule has 33 heavy (non-hydrogen) atoms. The maximum Gasteiger partial charge on any atom is 0.264 e. The predicted molar refractivity (Wildman–Crippen MR) is 126 cm³/mol. The molecule has 0 saturated heterocycles. The van der Waals surface area contributed by atoms with Crippen molar-refractivity contribution in [3.05, 3.63) is 65.7 Å².